The molecule has 2 N–H and O–H groups in total. The van der Waals surface area contributed by atoms with Crippen molar-refractivity contribution in [2.75, 3.05) is 6.61 Å². The van der Waals surface area contributed by atoms with Gasteiger partial charge in [-0.05, 0) is 60.5 Å². The number of rotatable bonds is 8. The lowest BCUT2D eigenvalue weighted by Crippen LogP contribution is -2.17. The molecule has 0 radical (unpaired) electrons. The molecule has 1 amide bonds. The summed E-state index contributed by atoms with van der Waals surface area (Å²) in [6.45, 7) is 2.74. The van der Waals surface area contributed by atoms with Crippen molar-refractivity contribution in [3.8, 4) is 17.2 Å². The fourth-order valence-electron chi connectivity index (χ4n) is 2.56. The van der Waals surface area contributed by atoms with Crippen LogP contribution in [0, 0.1) is 0 Å². The number of carbonyl (C=O) groups excluding carboxylic acids is 1. The number of aromatic hydroxyl groups is 1. The second-order valence-electron chi connectivity index (χ2n) is 6.16. The van der Waals surface area contributed by atoms with Crippen LogP contribution in [0.3, 0.4) is 0 Å². The highest BCUT2D eigenvalue weighted by Crippen LogP contribution is 2.26. The van der Waals surface area contributed by atoms with Gasteiger partial charge in [-0.1, -0.05) is 30.3 Å². The highest BCUT2D eigenvalue weighted by atomic mass is 16.5. The molecule has 0 saturated carbocycles. The van der Waals surface area contributed by atoms with Crippen LogP contribution in [0.1, 0.15) is 28.4 Å². The molecule has 148 valence electrons. The van der Waals surface area contributed by atoms with Crippen LogP contribution < -0.4 is 14.9 Å². The normalized spacial score (nSPS) is 10.7. The van der Waals surface area contributed by atoms with Crippen molar-refractivity contribution in [2.24, 2.45) is 5.10 Å². The molecule has 6 heteroatoms. The SMILES string of the molecule is CCOc1cc(/C=N\NC(=O)c2ccc(OCc3ccccc3)cc2)ccc1O. The standard InChI is InChI=1S/C23H22N2O4/c1-2-28-22-14-18(8-13-21(22)26)15-24-25-23(27)19-9-11-20(12-10-19)29-16-17-6-4-3-5-7-17/h3-15,26H,2,16H2,1H3,(H,25,27)/b24-15-. The van der Waals surface area contributed by atoms with Crippen LogP contribution in [0.5, 0.6) is 17.2 Å². The van der Waals surface area contributed by atoms with E-state index in [1.807, 2.05) is 37.3 Å². The van der Waals surface area contributed by atoms with Gasteiger partial charge in [0.25, 0.3) is 5.91 Å². The van der Waals surface area contributed by atoms with Crippen molar-refractivity contribution in [3.63, 3.8) is 0 Å². The van der Waals surface area contributed by atoms with Gasteiger partial charge in [0, 0.05) is 5.56 Å². The number of benzene rings is 3. The molecule has 3 rings (SSSR count). The number of carbonyl (C=O) groups is 1. The van der Waals surface area contributed by atoms with Crippen LogP contribution in [0.15, 0.2) is 77.9 Å². The molecule has 0 spiro atoms. The summed E-state index contributed by atoms with van der Waals surface area (Å²) in [7, 11) is 0. The van der Waals surface area contributed by atoms with Gasteiger partial charge in [-0.2, -0.15) is 5.10 Å². The number of hydrogen-bond acceptors (Lipinski definition) is 5. The summed E-state index contributed by atoms with van der Waals surface area (Å²) in [4.78, 5) is 12.2. The van der Waals surface area contributed by atoms with E-state index >= 15 is 0 Å². The van der Waals surface area contributed by atoms with E-state index in [0.29, 0.717) is 35.8 Å². The van der Waals surface area contributed by atoms with Crippen LogP contribution in [0.2, 0.25) is 0 Å². The topological polar surface area (TPSA) is 80.2 Å². The van der Waals surface area contributed by atoms with Crippen LogP contribution >= 0.6 is 0 Å². The van der Waals surface area contributed by atoms with Crippen LogP contribution in [-0.4, -0.2) is 23.8 Å². The first kappa shape index (κ1) is 19.9. The van der Waals surface area contributed by atoms with Gasteiger partial charge < -0.3 is 14.6 Å². The fourth-order valence-corrected chi connectivity index (χ4v) is 2.56. The number of nitrogens with zero attached hydrogens (tertiary/aromatic N) is 1. The first-order valence-electron chi connectivity index (χ1n) is 9.21. The third-order valence-corrected chi connectivity index (χ3v) is 4.03. The molecule has 29 heavy (non-hydrogen) atoms. The van der Waals surface area contributed by atoms with E-state index in [4.69, 9.17) is 9.47 Å². The minimum atomic E-state index is -0.334. The maximum atomic E-state index is 12.2. The van der Waals surface area contributed by atoms with Crippen molar-refractivity contribution in [1.29, 1.82) is 0 Å². The lowest BCUT2D eigenvalue weighted by Gasteiger charge is -2.07. The Bertz CT molecular complexity index is 970. The Morgan fingerprint density at radius 1 is 1.03 bits per heavy atom. The monoisotopic (exact) mass is 390 g/mol. The van der Waals surface area contributed by atoms with E-state index in [1.54, 1.807) is 36.4 Å². The minimum absolute atomic E-state index is 0.0580. The zero-order valence-electron chi connectivity index (χ0n) is 16.0. The minimum Gasteiger partial charge on any atom is -0.504 e. The Balaban J connectivity index is 1.54. The van der Waals surface area contributed by atoms with Gasteiger partial charge in [0.15, 0.2) is 11.5 Å². The third kappa shape index (κ3) is 5.84. The molecule has 0 aliphatic rings. The number of ether oxygens (including phenoxy) is 2. The maximum Gasteiger partial charge on any atom is 0.271 e. The highest BCUT2D eigenvalue weighted by Gasteiger charge is 2.05. The number of nitrogens with one attached hydrogen (secondary N) is 1. The zero-order valence-corrected chi connectivity index (χ0v) is 16.0. The third-order valence-electron chi connectivity index (χ3n) is 4.03. The zero-order chi connectivity index (χ0) is 20.5. The summed E-state index contributed by atoms with van der Waals surface area (Å²) in [5, 5.41) is 13.7. The summed E-state index contributed by atoms with van der Waals surface area (Å²) in [5.74, 6) is 0.776. The predicted octanol–water partition coefficient (Wildman–Crippen LogP) is 4.13. The summed E-state index contributed by atoms with van der Waals surface area (Å²) >= 11 is 0. The van der Waals surface area contributed by atoms with E-state index in [-0.39, 0.29) is 11.7 Å². The average molecular weight is 390 g/mol. The molecule has 0 heterocycles. The van der Waals surface area contributed by atoms with Crippen LogP contribution in [0.25, 0.3) is 0 Å². The fraction of sp³-hybridized carbons (Fsp3) is 0.130. The van der Waals surface area contributed by atoms with Crippen molar-refractivity contribution in [2.45, 2.75) is 13.5 Å². The first-order valence-corrected chi connectivity index (χ1v) is 9.21. The van der Waals surface area contributed by atoms with Gasteiger partial charge in [-0.15, -0.1) is 0 Å². The molecule has 0 aliphatic carbocycles. The van der Waals surface area contributed by atoms with Gasteiger partial charge in [0.2, 0.25) is 0 Å². The molecule has 0 unspecified atom stereocenters. The predicted molar refractivity (Wildman–Crippen MR) is 112 cm³/mol. The molecular formula is C23H22N2O4. The first-order chi connectivity index (χ1) is 14.2. The van der Waals surface area contributed by atoms with Gasteiger partial charge in [0.1, 0.15) is 12.4 Å². The summed E-state index contributed by atoms with van der Waals surface area (Å²) in [5.41, 5.74) is 4.71. The molecule has 0 aliphatic heterocycles. The molecule has 0 fully saturated rings. The Morgan fingerprint density at radius 3 is 2.52 bits per heavy atom. The van der Waals surface area contributed by atoms with Gasteiger partial charge >= 0.3 is 0 Å². The highest BCUT2D eigenvalue weighted by molar-refractivity contribution is 5.95. The summed E-state index contributed by atoms with van der Waals surface area (Å²) < 4.78 is 11.0. The smallest absolute Gasteiger partial charge is 0.271 e. The number of hydrazone groups is 1. The largest absolute Gasteiger partial charge is 0.504 e. The van der Waals surface area contributed by atoms with Crippen molar-refractivity contribution in [3.05, 3.63) is 89.5 Å². The summed E-state index contributed by atoms with van der Waals surface area (Å²) in [6.07, 6.45) is 1.48. The molecule has 0 bridgehead atoms. The lowest BCUT2D eigenvalue weighted by atomic mass is 10.2. The number of phenols is 1. The van der Waals surface area contributed by atoms with E-state index in [2.05, 4.69) is 10.5 Å². The maximum absolute atomic E-state index is 12.2. The van der Waals surface area contributed by atoms with E-state index in [1.165, 1.54) is 12.3 Å². The van der Waals surface area contributed by atoms with Gasteiger partial charge in [0.05, 0.1) is 12.8 Å². The quantitative estimate of drug-likeness (QED) is 0.448. The number of hydrogen-bond donors (Lipinski definition) is 2. The molecule has 3 aromatic rings. The Hall–Kier alpha value is -3.80. The van der Waals surface area contributed by atoms with E-state index in [0.717, 1.165) is 5.56 Å². The van der Waals surface area contributed by atoms with Crippen LogP contribution in [0.4, 0.5) is 0 Å². The van der Waals surface area contributed by atoms with Crippen LogP contribution in [-0.2, 0) is 6.61 Å². The van der Waals surface area contributed by atoms with Crippen molar-refractivity contribution in [1.82, 2.24) is 5.43 Å². The second kappa shape index (κ2) is 9.94. The van der Waals surface area contributed by atoms with Gasteiger partial charge in [-0.3, -0.25) is 4.79 Å². The second-order valence-corrected chi connectivity index (χ2v) is 6.16. The molecule has 6 nitrogen and oxygen atoms in total. The van der Waals surface area contributed by atoms with Crippen molar-refractivity contribution >= 4 is 12.1 Å². The average Bonchev–Trinajstić information content (AvgIpc) is 2.75. The number of amides is 1. The Morgan fingerprint density at radius 2 is 1.79 bits per heavy atom. The molecular weight excluding hydrogens is 368 g/mol. The molecule has 3 aromatic carbocycles. The van der Waals surface area contributed by atoms with Gasteiger partial charge in [-0.25, -0.2) is 5.43 Å². The van der Waals surface area contributed by atoms with Crippen molar-refractivity contribution < 1.29 is 19.4 Å². The van der Waals surface area contributed by atoms with E-state index in [9.17, 15) is 9.90 Å². The molecule has 0 atom stereocenters. The number of phenolic OH excluding ortho intramolecular Hbond substituents is 1. The Kier molecular flexibility index (Phi) is 6.84. The molecule has 0 saturated heterocycles. The van der Waals surface area contributed by atoms with E-state index < -0.39 is 0 Å². The lowest BCUT2D eigenvalue weighted by molar-refractivity contribution is 0.0955. The molecule has 0 aromatic heterocycles. The summed E-state index contributed by atoms with van der Waals surface area (Å²) in [6, 6.07) is 21.5. The Labute approximate surface area is 169 Å².